The highest BCUT2D eigenvalue weighted by Gasteiger charge is 2.14. The van der Waals surface area contributed by atoms with Crippen molar-refractivity contribution in [3.05, 3.63) is 50.4 Å². The van der Waals surface area contributed by atoms with Gasteiger partial charge in [-0.2, -0.15) is 5.26 Å². The van der Waals surface area contributed by atoms with Crippen molar-refractivity contribution in [2.24, 2.45) is 0 Å². The first-order valence-corrected chi connectivity index (χ1v) is 10.8. The third-order valence-electron chi connectivity index (χ3n) is 4.75. The molecular formula is C23H25N3O3S. The van der Waals surface area contributed by atoms with Gasteiger partial charge in [0.15, 0.2) is 17.3 Å². The van der Waals surface area contributed by atoms with Crippen LogP contribution in [0.15, 0.2) is 23.0 Å². The molecule has 30 heavy (non-hydrogen) atoms. The molecule has 0 radical (unpaired) electrons. The Labute approximate surface area is 179 Å². The number of benzene rings is 1. The number of nitrogens with zero attached hydrogens (tertiary/aromatic N) is 2. The summed E-state index contributed by atoms with van der Waals surface area (Å²) < 4.78 is 11.5. The molecule has 3 rings (SSSR count). The van der Waals surface area contributed by atoms with E-state index in [9.17, 15) is 10.1 Å². The first-order valence-electron chi connectivity index (χ1n) is 10.00. The maximum atomic E-state index is 12.6. The Hall–Kier alpha value is -3.11. The summed E-state index contributed by atoms with van der Waals surface area (Å²) in [6, 6.07) is 7.68. The van der Waals surface area contributed by atoms with Crippen LogP contribution in [-0.2, 0) is 0 Å². The molecule has 7 heteroatoms. The second-order valence-electron chi connectivity index (χ2n) is 6.89. The summed E-state index contributed by atoms with van der Waals surface area (Å²) in [4.78, 5) is 21.5. The van der Waals surface area contributed by atoms with Gasteiger partial charge in [-0.15, -0.1) is 11.3 Å². The zero-order chi connectivity index (χ0) is 21.7. The fourth-order valence-electron chi connectivity index (χ4n) is 3.03. The molecule has 0 amide bonds. The second-order valence-corrected chi connectivity index (χ2v) is 8.09. The standard InChI is InChI=1S/C23H25N3O3S/c1-5-7-10-29-18-9-8-16(12-19(18)28-6-2)11-17(13-24)21-25-22(27)20-14(3)15(4)30-23(20)26-21/h8-9,11-12H,5-7,10H2,1-4H3,(H,25,26,27)/b17-11+. The number of aromatic amines is 1. The van der Waals surface area contributed by atoms with E-state index in [0.717, 1.165) is 28.8 Å². The predicted octanol–water partition coefficient (Wildman–Crippen LogP) is 5.24. The second kappa shape index (κ2) is 9.59. The number of unbranched alkanes of at least 4 members (excludes halogenated alkanes) is 1. The average Bonchev–Trinajstić information content (AvgIpc) is 3.02. The zero-order valence-electron chi connectivity index (χ0n) is 17.7. The number of hydrogen-bond acceptors (Lipinski definition) is 6. The smallest absolute Gasteiger partial charge is 0.260 e. The number of nitriles is 1. The van der Waals surface area contributed by atoms with Gasteiger partial charge in [0.05, 0.1) is 24.2 Å². The summed E-state index contributed by atoms with van der Waals surface area (Å²) in [5.74, 6) is 1.57. The van der Waals surface area contributed by atoms with Crippen LogP contribution < -0.4 is 15.0 Å². The highest BCUT2D eigenvalue weighted by molar-refractivity contribution is 7.18. The molecule has 0 aliphatic heterocycles. The van der Waals surface area contributed by atoms with E-state index < -0.39 is 0 Å². The molecule has 3 aromatic rings. The van der Waals surface area contributed by atoms with Crippen LogP contribution >= 0.6 is 11.3 Å². The van der Waals surface area contributed by atoms with Crippen molar-refractivity contribution in [2.45, 2.75) is 40.5 Å². The average molecular weight is 424 g/mol. The lowest BCUT2D eigenvalue weighted by atomic mass is 10.1. The molecule has 0 atom stereocenters. The van der Waals surface area contributed by atoms with Crippen LogP contribution in [0.3, 0.4) is 0 Å². The van der Waals surface area contributed by atoms with Crippen LogP contribution in [0.4, 0.5) is 0 Å². The van der Waals surface area contributed by atoms with Crippen molar-refractivity contribution in [2.75, 3.05) is 13.2 Å². The summed E-state index contributed by atoms with van der Waals surface area (Å²) in [5.41, 5.74) is 1.74. The highest BCUT2D eigenvalue weighted by Crippen LogP contribution is 2.31. The van der Waals surface area contributed by atoms with E-state index in [1.54, 1.807) is 6.08 Å². The Bertz CT molecular complexity index is 1180. The van der Waals surface area contributed by atoms with Gasteiger partial charge in [-0.1, -0.05) is 19.4 Å². The van der Waals surface area contributed by atoms with Gasteiger partial charge in [0.1, 0.15) is 10.9 Å². The molecule has 0 spiro atoms. The number of nitrogens with one attached hydrogen (secondary N) is 1. The number of aromatic nitrogens is 2. The van der Waals surface area contributed by atoms with Gasteiger partial charge in [-0.25, -0.2) is 4.98 Å². The summed E-state index contributed by atoms with van der Waals surface area (Å²) in [6.07, 6.45) is 3.71. The number of thiophene rings is 1. The normalized spacial score (nSPS) is 11.5. The van der Waals surface area contributed by atoms with Crippen molar-refractivity contribution in [3.8, 4) is 17.6 Å². The third kappa shape index (κ3) is 4.55. The molecule has 156 valence electrons. The number of hydrogen-bond donors (Lipinski definition) is 1. The first-order chi connectivity index (χ1) is 14.5. The molecule has 0 saturated heterocycles. The van der Waals surface area contributed by atoms with E-state index in [2.05, 4.69) is 23.0 Å². The summed E-state index contributed by atoms with van der Waals surface area (Å²) in [6.45, 7) is 9.02. The van der Waals surface area contributed by atoms with E-state index in [-0.39, 0.29) is 17.0 Å². The van der Waals surface area contributed by atoms with E-state index in [1.165, 1.54) is 11.3 Å². The fraction of sp³-hybridized carbons (Fsp3) is 0.348. The van der Waals surface area contributed by atoms with Crippen LogP contribution in [0.2, 0.25) is 0 Å². The number of H-pyrrole nitrogens is 1. The number of fused-ring (bicyclic) bond motifs is 1. The third-order valence-corrected chi connectivity index (χ3v) is 5.85. The monoisotopic (exact) mass is 423 g/mol. The lowest BCUT2D eigenvalue weighted by Crippen LogP contribution is -2.10. The molecule has 0 saturated carbocycles. The van der Waals surface area contributed by atoms with Gasteiger partial charge in [0.25, 0.3) is 5.56 Å². The quantitative estimate of drug-likeness (QED) is 0.395. The predicted molar refractivity (Wildman–Crippen MR) is 121 cm³/mol. The van der Waals surface area contributed by atoms with Crippen LogP contribution in [-0.4, -0.2) is 23.2 Å². The summed E-state index contributed by atoms with van der Waals surface area (Å²) in [7, 11) is 0. The molecule has 0 fully saturated rings. The van der Waals surface area contributed by atoms with Gasteiger partial charge < -0.3 is 14.5 Å². The Kier molecular flexibility index (Phi) is 6.91. The lowest BCUT2D eigenvalue weighted by molar-refractivity contribution is 0.272. The number of rotatable bonds is 8. The molecule has 1 aromatic carbocycles. The lowest BCUT2D eigenvalue weighted by Gasteiger charge is -2.12. The minimum Gasteiger partial charge on any atom is -0.490 e. The SMILES string of the molecule is CCCCOc1ccc(/C=C(\C#N)c2nc3sc(C)c(C)c3c(=O)[nH]2)cc1OCC. The zero-order valence-corrected chi connectivity index (χ0v) is 18.5. The van der Waals surface area contributed by atoms with Crippen LogP contribution in [0.5, 0.6) is 11.5 Å². The maximum Gasteiger partial charge on any atom is 0.260 e. The summed E-state index contributed by atoms with van der Waals surface area (Å²) >= 11 is 1.46. The number of allylic oxidation sites excluding steroid dienone is 1. The molecule has 6 nitrogen and oxygen atoms in total. The number of ether oxygens (including phenoxy) is 2. The number of aryl methyl sites for hydroxylation is 2. The molecule has 0 aliphatic rings. The minimum atomic E-state index is -0.229. The Morgan fingerprint density at radius 2 is 2.07 bits per heavy atom. The van der Waals surface area contributed by atoms with Gasteiger partial charge in [-0.05, 0) is 56.5 Å². The van der Waals surface area contributed by atoms with Crippen molar-refractivity contribution < 1.29 is 9.47 Å². The highest BCUT2D eigenvalue weighted by atomic mass is 32.1. The van der Waals surface area contributed by atoms with Crippen molar-refractivity contribution in [1.29, 1.82) is 5.26 Å². The van der Waals surface area contributed by atoms with Crippen molar-refractivity contribution in [1.82, 2.24) is 9.97 Å². The van der Waals surface area contributed by atoms with Crippen LogP contribution in [0.25, 0.3) is 21.9 Å². The van der Waals surface area contributed by atoms with E-state index in [0.29, 0.717) is 34.9 Å². The summed E-state index contributed by atoms with van der Waals surface area (Å²) in [5, 5.41) is 10.3. The van der Waals surface area contributed by atoms with Crippen molar-refractivity contribution in [3.63, 3.8) is 0 Å². The van der Waals surface area contributed by atoms with Gasteiger partial charge in [0.2, 0.25) is 0 Å². The largest absolute Gasteiger partial charge is 0.490 e. The Morgan fingerprint density at radius 1 is 1.27 bits per heavy atom. The molecule has 2 aromatic heterocycles. The molecule has 0 unspecified atom stereocenters. The van der Waals surface area contributed by atoms with Gasteiger partial charge in [-0.3, -0.25) is 4.79 Å². The first kappa shape index (κ1) is 21.6. The Balaban J connectivity index is 2.00. The van der Waals surface area contributed by atoms with Gasteiger partial charge >= 0.3 is 0 Å². The fourth-order valence-corrected chi connectivity index (χ4v) is 4.06. The topological polar surface area (TPSA) is 88.0 Å². The van der Waals surface area contributed by atoms with Gasteiger partial charge in [0, 0.05) is 4.88 Å². The van der Waals surface area contributed by atoms with Crippen molar-refractivity contribution >= 4 is 33.2 Å². The Morgan fingerprint density at radius 3 is 2.77 bits per heavy atom. The molecule has 1 N–H and O–H groups in total. The molecule has 0 aliphatic carbocycles. The molecule has 0 bridgehead atoms. The molecular weight excluding hydrogens is 398 g/mol. The maximum absolute atomic E-state index is 12.6. The van der Waals surface area contributed by atoms with E-state index >= 15 is 0 Å². The van der Waals surface area contributed by atoms with E-state index in [1.807, 2.05) is 39.0 Å². The molecule has 2 heterocycles. The van der Waals surface area contributed by atoms with Crippen LogP contribution in [0.1, 0.15) is 48.5 Å². The van der Waals surface area contributed by atoms with E-state index in [4.69, 9.17) is 9.47 Å². The van der Waals surface area contributed by atoms with Crippen LogP contribution in [0, 0.1) is 25.2 Å². The minimum absolute atomic E-state index is 0.229.